The van der Waals surface area contributed by atoms with Gasteiger partial charge in [0.2, 0.25) is 0 Å². The molecule has 3 rings (SSSR count). The van der Waals surface area contributed by atoms with Crippen molar-refractivity contribution in [3.8, 4) is 0 Å². The number of nitrogens with zero attached hydrogens (tertiary/aromatic N) is 3. The monoisotopic (exact) mass is 296 g/mol. The molecular formula is C12H16N4O5. The summed E-state index contributed by atoms with van der Waals surface area (Å²) in [6.07, 6.45) is -6.41. The Morgan fingerprint density at radius 1 is 1.19 bits per heavy atom. The Morgan fingerprint density at radius 2 is 1.95 bits per heavy atom. The van der Waals surface area contributed by atoms with E-state index in [1.165, 1.54) is 4.68 Å². The SMILES string of the molecule is Nc1cccc2c1nnn2[C@@H]1O[C@H](CO)[C@@H](O)[C@H](O)[C@H]1O. The van der Waals surface area contributed by atoms with Gasteiger partial charge in [0.1, 0.15) is 29.9 Å². The second kappa shape index (κ2) is 5.20. The molecule has 0 spiro atoms. The quantitative estimate of drug-likeness (QED) is 0.399. The third-order valence-corrected chi connectivity index (χ3v) is 3.64. The summed E-state index contributed by atoms with van der Waals surface area (Å²) in [5.41, 5.74) is 7.16. The maximum Gasteiger partial charge on any atom is 0.181 e. The molecule has 9 nitrogen and oxygen atoms in total. The van der Waals surface area contributed by atoms with Crippen molar-refractivity contribution in [1.82, 2.24) is 15.0 Å². The normalized spacial score (nSPS) is 33.4. The smallest absolute Gasteiger partial charge is 0.181 e. The van der Waals surface area contributed by atoms with Gasteiger partial charge < -0.3 is 30.9 Å². The number of rotatable bonds is 2. The lowest BCUT2D eigenvalue weighted by Gasteiger charge is -2.39. The zero-order valence-electron chi connectivity index (χ0n) is 10.9. The second-order valence-corrected chi connectivity index (χ2v) is 4.97. The molecule has 6 N–H and O–H groups in total. The van der Waals surface area contributed by atoms with Gasteiger partial charge in [-0.05, 0) is 12.1 Å². The van der Waals surface area contributed by atoms with Crippen LogP contribution in [0.2, 0.25) is 0 Å². The van der Waals surface area contributed by atoms with Gasteiger partial charge in [-0.2, -0.15) is 0 Å². The first-order valence-electron chi connectivity index (χ1n) is 6.44. The van der Waals surface area contributed by atoms with Crippen LogP contribution < -0.4 is 5.73 Å². The highest BCUT2D eigenvalue weighted by molar-refractivity contribution is 5.86. The van der Waals surface area contributed by atoms with Crippen LogP contribution in [0.15, 0.2) is 18.2 Å². The van der Waals surface area contributed by atoms with Crippen molar-refractivity contribution in [2.75, 3.05) is 12.3 Å². The van der Waals surface area contributed by atoms with Crippen molar-refractivity contribution in [2.24, 2.45) is 0 Å². The topological polar surface area (TPSA) is 147 Å². The number of benzene rings is 1. The minimum Gasteiger partial charge on any atom is -0.397 e. The Morgan fingerprint density at radius 3 is 2.67 bits per heavy atom. The van der Waals surface area contributed by atoms with E-state index in [-0.39, 0.29) is 0 Å². The molecule has 9 heteroatoms. The van der Waals surface area contributed by atoms with E-state index >= 15 is 0 Å². The first-order chi connectivity index (χ1) is 10.0. The molecule has 1 aliphatic rings. The molecule has 1 saturated heterocycles. The zero-order valence-corrected chi connectivity index (χ0v) is 10.9. The van der Waals surface area contributed by atoms with Crippen molar-refractivity contribution < 1.29 is 25.2 Å². The van der Waals surface area contributed by atoms with Gasteiger partial charge in [0, 0.05) is 0 Å². The molecule has 1 aliphatic heterocycles. The Hall–Kier alpha value is -1.78. The van der Waals surface area contributed by atoms with Crippen molar-refractivity contribution in [3.63, 3.8) is 0 Å². The van der Waals surface area contributed by atoms with Crippen LogP contribution in [0.5, 0.6) is 0 Å². The predicted octanol–water partition coefficient (Wildman–Crippen LogP) is -2.01. The van der Waals surface area contributed by atoms with Crippen molar-refractivity contribution >= 4 is 16.7 Å². The van der Waals surface area contributed by atoms with Gasteiger partial charge in [-0.1, -0.05) is 11.3 Å². The standard InChI is InChI=1S/C12H16N4O5/c13-5-2-1-3-6-8(5)14-15-16(6)12-11(20)10(19)9(18)7(4-17)21-12/h1-3,7,9-12,17-20H,4,13H2/t7-,9-,10+,11-,12-/m1/s1. The van der Waals surface area contributed by atoms with E-state index in [1.54, 1.807) is 18.2 Å². The Labute approximate surface area is 119 Å². The Bertz CT molecular complexity index is 646. The molecule has 1 fully saturated rings. The number of aliphatic hydroxyl groups is 4. The molecule has 0 radical (unpaired) electrons. The number of aromatic nitrogens is 3. The number of ether oxygens (including phenoxy) is 1. The lowest BCUT2D eigenvalue weighted by molar-refractivity contribution is -0.253. The molecule has 114 valence electrons. The van der Waals surface area contributed by atoms with E-state index in [0.717, 1.165) is 0 Å². The molecule has 0 saturated carbocycles. The van der Waals surface area contributed by atoms with E-state index in [4.69, 9.17) is 10.5 Å². The van der Waals surface area contributed by atoms with Gasteiger partial charge in [0.15, 0.2) is 6.23 Å². The summed E-state index contributed by atoms with van der Waals surface area (Å²) in [6.45, 7) is -0.504. The summed E-state index contributed by atoms with van der Waals surface area (Å²) in [5.74, 6) is 0. The number of nitrogen functional groups attached to an aromatic ring is 1. The molecule has 5 atom stereocenters. The van der Waals surface area contributed by atoms with Gasteiger partial charge >= 0.3 is 0 Å². The molecule has 2 aromatic rings. The van der Waals surface area contributed by atoms with Crippen LogP contribution in [-0.2, 0) is 4.74 Å². The number of aliphatic hydroxyl groups excluding tert-OH is 4. The second-order valence-electron chi connectivity index (χ2n) is 4.97. The van der Waals surface area contributed by atoms with Crippen molar-refractivity contribution in [3.05, 3.63) is 18.2 Å². The highest BCUT2D eigenvalue weighted by atomic mass is 16.6. The van der Waals surface area contributed by atoms with Crippen LogP contribution in [0.1, 0.15) is 6.23 Å². The van der Waals surface area contributed by atoms with E-state index in [1.807, 2.05) is 0 Å². The van der Waals surface area contributed by atoms with Gasteiger partial charge in [-0.3, -0.25) is 0 Å². The molecule has 0 bridgehead atoms. The molecule has 1 aromatic heterocycles. The largest absolute Gasteiger partial charge is 0.397 e. The first-order valence-corrected chi connectivity index (χ1v) is 6.44. The Kier molecular flexibility index (Phi) is 3.51. The van der Waals surface area contributed by atoms with Crippen LogP contribution in [0, 0.1) is 0 Å². The fourth-order valence-electron chi connectivity index (χ4n) is 2.46. The number of fused-ring (bicyclic) bond motifs is 1. The van der Waals surface area contributed by atoms with E-state index in [0.29, 0.717) is 16.7 Å². The summed E-state index contributed by atoms with van der Waals surface area (Å²) < 4.78 is 6.70. The summed E-state index contributed by atoms with van der Waals surface area (Å²) in [4.78, 5) is 0. The summed E-state index contributed by atoms with van der Waals surface area (Å²) in [7, 11) is 0. The summed E-state index contributed by atoms with van der Waals surface area (Å²) in [5, 5.41) is 46.7. The van der Waals surface area contributed by atoms with Gasteiger partial charge in [0.05, 0.1) is 17.8 Å². The average Bonchev–Trinajstić information content (AvgIpc) is 2.91. The minimum atomic E-state index is -1.47. The zero-order chi connectivity index (χ0) is 15.1. The number of hydrogen-bond acceptors (Lipinski definition) is 8. The highest BCUT2D eigenvalue weighted by Crippen LogP contribution is 2.30. The fourth-order valence-corrected chi connectivity index (χ4v) is 2.46. The lowest BCUT2D eigenvalue weighted by Crippen LogP contribution is -2.56. The number of nitrogens with two attached hydrogens (primary N) is 1. The van der Waals surface area contributed by atoms with Crippen LogP contribution in [0.25, 0.3) is 11.0 Å². The van der Waals surface area contributed by atoms with Crippen LogP contribution in [-0.4, -0.2) is 66.4 Å². The predicted molar refractivity (Wildman–Crippen MR) is 71.0 cm³/mol. The van der Waals surface area contributed by atoms with Crippen molar-refractivity contribution in [2.45, 2.75) is 30.6 Å². The molecular weight excluding hydrogens is 280 g/mol. The van der Waals surface area contributed by atoms with Crippen LogP contribution in [0.3, 0.4) is 0 Å². The fraction of sp³-hybridized carbons (Fsp3) is 0.500. The molecule has 0 amide bonds. The van der Waals surface area contributed by atoms with Gasteiger partial charge in [-0.15, -0.1) is 5.10 Å². The number of hydrogen-bond donors (Lipinski definition) is 5. The maximum absolute atomic E-state index is 10.1. The third kappa shape index (κ3) is 2.15. The van der Waals surface area contributed by atoms with E-state index < -0.39 is 37.3 Å². The molecule has 2 heterocycles. The summed E-state index contributed by atoms with van der Waals surface area (Å²) >= 11 is 0. The molecule has 0 aliphatic carbocycles. The van der Waals surface area contributed by atoms with E-state index in [9.17, 15) is 20.4 Å². The molecule has 1 aromatic carbocycles. The van der Waals surface area contributed by atoms with Gasteiger partial charge in [-0.25, -0.2) is 4.68 Å². The van der Waals surface area contributed by atoms with Crippen LogP contribution in [0.4, 0.5) is 5.69 Å². The molecule has 21 heavy (non-hydrogen) atoms. The van der Waals surface area contributed by atoms with Crippen molar-refractivity contribution in [1.29, 1.82) is 0 Å². The van der Waals surface area contributed by atoms with E-state index in [2.05, 4.69) is 10.3 Å². The van der Waals surface area contributed by atoms with Crippen LogP contribution >= 0.6 is 0 Å². The lowest BCUT2D eigenvalue weighted by atomic mass is 9.98. The average molecular weight is 296 g/mol. The summed E-state index contributed by atoms with van der Waals surface area (Å²) in [6, 6.07) is 5.04. The molecule has 0 unspecified atom stereocenters. The number of anilines is 1. The Balaban J connectivity index is 2.03. The minimum absolute atomic E-state index is 0.420. The highest BCUT2D eigenvalue weighted by Gasteiger charge is 2.45. The third-order valence-electron chi connectivity index (χ3n) is 3.64. The van der Waals surface area contributed by atoms with Gasteiger partial charge in [0.25, 0.3) is 0 Å². The first kappa shape index (κ1) is 14.2. The maximum atomic E-state index is 10.1.